The Balaban J connectivity index is 2.38. The minimum atomic E-state index is -0.814. The average Bonchev–Trinajstić information content (AvgIpc) is 2.83. The van der Waals surface area contributed by atoms with Gasteiger partial charge in [-0.1, -0.05) is 26.0 Å². The third kappa shape index (κ3) is 2.67. The third-order valence-electron chi connectivity index (χ3n) is 3.95. The Labute approximate surface area is 114 Å². The molecule has 0 aliphatic heterocycles. The molecule has 1 heterocycles. The predicted octanol–water partition coefficient (Wildman–Crippen LogP) is 3.23. The summed E-state index contributed by atoms with van der Waals surface area (Å²) in [6.07, 6.45) is 2.37. The maximum atomic E-state index is 11.0. The van der Waals surface area contributed by atoms with E-state index in [1.807, 2.05) is 45.3 Å². The molecule has 0 amide bonds. The van der Waals surface area contributed by atoms with E-state index in [4.69, 9.17) is 4.42 Å². The van der Waals surface area contributed by atoms with Crippen LogP contribution >= 0.6 is 0 Å². The Hall–Kier alpha value is -1.32. The van der Waals surface area contributed by atoms with E-state index in [2.05, 4.69) is 11.8 Å². The van der Waals surface area contributed by atoms with Crippen LogP contribution in [0, 0.1) is 5.92 Å². The van der Waals surface area contributed by atoms with E-state index < -0.39 is 5.60 Å². The summed E-state index contributed by atoms with van der Waals surface area (Å²) in [6, 6.07) is 7.92. The number of benzene rings is 1. The van der Waals surface area contributed by atoms with E-state index >= 15 is 0 Å². The Kier molecular flexibility index (Phi) is 3.97. The quantitative estimate of drug-likeness (QED) is 0.897. The fourth-order valence-corrected chi connectivity index (χ4v) is 2.76. The Morgan fingerprint density at radius 3 is 2.68 bits per heavy atom. The van der Waals surface area contributed by atoms with Crippen LogP contribution in [0.1, 0.15) is 25.8 Å². The molecule has 0 radical (unpaired) electrons. The number of hydrogen-bond donors (Lipinski definition) is 1. The lowest BCUT2D eigenvalue weighted by Gasteiger charge is -2.35. The van der Waals surface area contributed by atoms with Crippen LogP contribution in [0.25, 0.3) is 11.0 Å². The molecule has 0 bridgehead atoms. The lowest BCUT2D eigenvalue weighted by Crippen LogP contribution is -2.38. The molecule has 3 heteroatoms. The van der Waals surface area contributed by atoms with Crippen molar-refractivity contribution >= 4 is 11.0 Å². The predicted molar refractivity (Wildman–Crippen MR) is 78.1 cm³/mol. The smallest absolute Gasteiger partial charge is 0.134 e. The monoisotopic (exact) mass is 261 g/mol. The van der Waals surface area contributed by atoms with Gasteiger partial charge in [0.15, 0.2) is 0 Å². The van der Waals surface area contributed by atoms with Crippen LogP contribution in [0.5, 0.6) is 0 Å². The molecule has 104 valence electrons. The lowest BCUT2D eigenvalue weighted by atomic mass is 9.80. The van der Waals surface area contributed by atoms with Gasteiger partial charge in [0.2, 0.25) is 0 Å². The van der Waals surface area contributed by atoms with Crippen molar-refractivity contribution in [1.29, 1.82) is 0 Å². The van der Waals surface area contributed by atoms with Gasteiger partial charge < -0.3 is 14.4 Å². The molecule has 1 aromatic carbocycles. The second-order valence-corrected chi connectivity index (χ2v) is 5.61. The van der Waals surface area contributed by atoms with E-state index in [-0.39, 0.29) is 5.92 Å². The number of furan rings is 1. The molecule has 0 saturated carbocycles. The third-order valence-corrected chi connectivity index (χ3v) is 3.95. The van der Waals surface area contributed by atoms with Gasteiger partial charge in [0.25, 0.3) is 0 Å². The van der Waals surface area contributed by atoms with E-state index in [0.717, 1.165) is 23.1 Å². The number of nitrogens with zero attached hydrogens (tertiary/aromatic N) is 1. The van der Waals surface area contributed by atoms with Gasteiger partial charge in [-0.15, -0.1) is 0 Å². The second-order valence-electron chi connectivity index (χ2n) is 5.61. The van der Waals surface area contributed by atoms with Crippen LogP contribution in [-0.4, -0.2) is 30.6 Å². The van der Waals surface area contributed by atoms with Crippen LogP contribution in [-0.2, 0) is 5.60 Å². The van der Waals surface area contributed by atoms with Gasteiger partial charge in [-0.3, -0.25) is 0 Å². The lowest BCUT2D eigenvalue weighted by molar-refractivity contribution is -0.0291. The summed E-state index contributed by atoms with van der Waals surface area (Å²) in [5, 5.41) is 12.1. The zero-order valence-corrected chi connectivity index (χ0v) is 12.2. The first-order valence-corrected chi connectivity index (χ1v) is 6.82. The van der Waals surface area contributed by atoms with Crippen molar-refractivity contribution in [3.05, 3.63) is 36.1 Å². The highest BCUT2D eigenvalue weighted by molar-refractivity contribution is 5.77. The summed E-state index contributed by atoms with van der Waals surface area (Å²) < 4.78 is 5.44. The molecule has 2 rings (SSSR count). The summed E-state index contributed by atoms with van der Waals surface area (Å²) in [4.78, 5) is 2.11. The summed E-state index contributed by atoms with van der Waals surface area (Å²) in [7, 11) is 4.06. The van der Waals surface area contributed by atoms with Gasteiger partial charge in [-0.2, -0.15) is 0 Å². The van der Waals surface area contributed by atoms with Crippen molar-refractivity contribution in [2.75, 3.05) is 20.6 Å². The Bertz CT molecular complexity index is 546. The van der Waals surface area contributed by atoms with E-state index in [9.17, 15) is 5.11 Å². The topological polar surface area (TPSA) is 36.6 Å². The highest BCUT2D eigenvalue weighted by Gasteiger charge is 2.34. The minimum Gasteiger partial charge on any atom is -0.464 e. The zero-order valence-electron chi connectivity index (χ0n) is 12.2. The fraction of sp³-hybridized carbons (Fsp3) is 0.500. The minimum absolute atomic E-state index is 0.153. The van der Waals surface area contributed by atoms with Crippen molar-refractivity contribution < 1.29 is 9.52 Å². The molecule has 2 atom stereocenters. The summed E-state index contributed by atoms with van der Waals surface area (Å²) in [5.41, 5.74) is 0.957. The van der Waals surface area contributed by atoms with Gasteiger partial charge in [0, 0.05) is 17.8 Å². The van der Waals surface area contributed by atoms with Crippen LogP contribution in [0.4, 0.5) is 0 Å². The molecular formula is C16H23NO2. The standard InChI is InChI=1S/C16H23NO2/c1-5-16(18,12(2)11-17(3)4)14-7-6-13-8-9-19-15(13)10-14/h6-10,12,18H,5,11H2,1-4H3/t12?,16-/m1/s1. The molecule has 1 N–H and O–H groups in total. The first kappa shape index (κ1) is 14.1. The fourth-order valence-electron chi connectivity index (χ4n) is 2.76. The average molecular weight is 261 g/mol. The molecule has 0 saturated heterocycles. The molecular weight excluding hydrogens is 238 g/mol. The van der Waals surface area contributed by atoms with Gasteiger partial charge in [0.05, 0.1) is 11.9 Å². The zero-order chi connectivity index (χ0) is 14.0. The molecule has 2 aromatic rings. The largest absolute Gasteiger partial charge is 0.464 e. The summed E-state index contributed by atoms with van der Waals surface area (Å²) in [6.45, 7) is 4.97. The first-order chi connectivity index (χ1) is 8.97. The first-order valence-electron chi connectivity index (χ1n) is 6.82. The molecule has 19 heavy (non-hydrogen) atoms. The molecule has 0 fully saturated rings. The van der Waals surface area contributed by atoms with Crippen LogP contribution < -0.4 is 0 Å². The Morgan fingerprint density at radius 2 is 2.05 bits per heavy atom. The molecule has 1 unspecified atom stereocenters. The van der Waals surface area contributed by atoms with Crippen molar-refractivity contribution in [1.82, 2.24) is 4.90 Å². The second kappa shape index (κ2) is 5.35. The highest BCUT2D eigenvalue weighted by Crippen LogP contribution is 2.35. The highest BCUT2D eigenvalue weighted by atomic mass is 16.3. The maximum absolute atomic E-state index is 11.0. The van der Waals surface area contributed by atoms with Gasteiger partial charge >= 0.3 is 0 Å². The summed E-state index contributed by atoms with van der Waals surface area (Å²) in [5.74, 6) is 0.153. The van der Waals surface area contributed by atoms with E-state index in [1.54, 1.807) is 6.26 Å². The van der Waals surface area contributed by atoms with Crippen LogP contribution in [0.2, 0.25) is 0 Å². The van der Waals surface area contributed by atoms with Gasteiger partial charge in [-0.05, 0) is 38.2 Å². The molecule has 0 aliphatic rings. The van der Waals surface area contributed by atoms with Crippen molar-refractivity contribution in [2.24, 2.45) is 5.92 Å². The number of rotatable bonds is 5. The van der Waals surface area contributed by atoms with Crippen molar-refractivity contribution in [3.63, 3.8) is 0 Å². The molecule has 0 aliphatic carbocycles. The maximum Gasteiger partial charge on any atom is 0.134 e. The van der Waals surface area contributed by atoms with Crippen molar-refractivity contribution in [2.45, 2.75) is 25.9 Å². The van der Waals surface area contributed by atoms with Crippen molar-refractivity contribution in [3.8, 4) is 0 Å². The molecule has 0 spiro atoms. The van der Waals surface area contributed by atoms with Gasteiger partial charge in [-0.25, -0.2) is 0 Å². The number of fused-ring (bicyclic) bond motifs is 1. The van der Waals surface area contributed by atoms with E-state index in [1.165, 1.54) is 0 Å². The van der Waals surface area contributed by atoms with E-state index in [0.29, 0.717) is 6.42 Å². The summed E-state index contributed by atoms with van der Waals surface area (Å²) >= 11 is 0. The number of hydrogen-bond acceptors (Lipinski definition) is 3. The SMILES string of the molecule is CC[C@](O)(c1ccc2ccoc2c1)C(C)CN(C)C. The molecule has 1 aromatic heterocycles. The normalized spacial score (nSPS) is 16.7. The van der Waals surface area contributed by atoms with Gasteiger partial charge in [0.1, 0.15) is 5.58 Å². The van der Waals surface area contributed by atoms with Crippen LogP contribution in [0.15, 0.2) is 34.9 Å². The molecule has 3 nitrogen and oxygen atoms in total. The Morgan fingerprint density at radius 1 is 1.32 bits per heavy atom. The van der Waals surface area contributed by atoms with Crippen LogP contribution in [0.3, 0.4) is 0 Å². The number of aliphatic hydroxyl groups is 1.